The van der Waals surface area contributed by atoms with E-state index < -0.39 is 10.2 Å². The monoisotopic (exact) mass is 453 g/mol. The molecule has 2 aliphatic heterocycles. The second-order valence-electron chi connectivity index (χ2n) is 8.42. The van der Waals surface area contributed by atoms with E-state index in [-0.39, 0.29) is 18.4 Å². The molecule has 0 aliphatic carbocycles. The van der Waals surface area contributed by atoms with Crippen LogP contribution in [0.3, 0.4) is 0 Å². The van der Waals surface area contributed by atoms with Crippen molar-refractivity contribution in [3.05, 3.63) is 23.8 Å². The first kappa shape index (κ1) is 23.8. The fourth-order valence-corrected chi connectivity index (χ4v) is 5.90. The van der Waals surface area contributed by atoms with E-state index in [0.29, 0.717) is 63.0 Å². The molecule has 2 saturated heterocycles. The maximum Gasteiger partial charge on any atom is 0.281 e. The highest BCUT2D eigenvalue weighted by Crippen LogP contribution is 2.28. The fourth-order valence-electron chi connectivity index (χ4n) is 4.18. The maximum atomic E-state index is 13.0. The van der Waals surface area contributed by atoms with Gasteiger partial charge in [-0.2, -0.15) is 17.0 Å². The molecule has 3 rings (SSSR count). The highest BCUT2D eigenvalue weighted by molar-refractivity contribution is 7.86. The summed E-state index contributed by atoms with van der Waals surface area (Å²) in [5.41, 5.74) is 0.899. The van der Waals surface area contributed by atoms with Crippen LogP contribution >= 0.6 is 0 Å². The first-order valence-electron chi connectivity index (χ1n) is 11.2. The van der Waals surface area contributed by atoms with Crippen molar-refractivity contribution in [3.63, 3.8) is 0 Å². The highest BCUT2D eigenvalue weighted by atomic mass is 32.2. The summed E-state index contributed by atoms with van der Waals surface area (Å²) < 4.78 is 40.1. The van der Waals surface area contributed by atoms with Gasteiger partial charge in [0.1, 0.15) is 0 Å². The van der Waals surface area contributed by atoms with Crippen LogP contribution in [0.5, 0.6) is 11.5 Å². The Balaban J connectivity index is 1.57. The molecular weight excluding hydrogens is 418 g/mol. The van der Waals surface area contributed by atoms with Gasteiger partial charge in [0.15, 0.2) is 11.5 Å². The number of nitrogens with one attached hydrogen (secondary N) is 1. The number of carbonyl (C=O) groups excluding carboxylic acids is 1. The van der Waals surface area contributed by atoms with E-state index in [1.165, 1.54) is 4.31 Å². The van der Waals surface area contributed by atoms with E-state index in [1.807, 2.05) is 25.1 Å². The number of carbonyl (C=O) groups is 1. The minimum absolute atomic E-state index is 0.111. The molecule has 1 amide bonds. The second kappa shape index (κ2) is 10.7. The van der Waals surface area contributed by atoms with Gasteiger partial charge in [-0.15, -0.1) is 0 Å². The van der Waals surface area contributed by atoms with E-state index in [0.717, 1.165) is 18.4 Å². The van der Waals surface area contributed by atoms with E-state index in [2.05, 4.69) is 12.2 Å². The topological polar surface area (TPSA) is 88.2 Å². The zero-order valence-corrected chi connectivity index (χ0v) is 19.6. The molecule has 2 aliphatic rings. The predicted molar refractivity (Wildman–Crippen MR) is 119 cm³/mol. The van der Waals surface area contributed by atoms with Crippen LogP contribution in [-0.2, 0) is 21.5 Å². The Morgan fingerprint density at radius 2 is 1.87 bits per heavy atom. The molecule has 0 unspecified atom stereocenters. The lowest BCUT2D eigenvalue weighted by Crippen LogP contribution is -2.52. The van der Waals surface area contributed by atoms with Crippen molar-refractivity contribution >= 4 is 16.1 Å². The van der Waals surface area contributed by atoms with Gasteiger partial charge in [-0.3, -0.25) is 4.79 Å². The van der Waals surface area contributed by atoms with E-state index >= 15 is 0 Å². The van der Waals surface area contributed by atoms with Crippen molar-refractivity contribution in [2.24, 2.45) is 11.8 Å². The average Bonchev–Trinajstić information content (AvgIpc) is 2.78. The molecular formula is C22H35N3O5S. The van der Waals surface area contributed by atoms with Gasteiger partial charge in [0.2, 0.25) is 5.91 Å². The summed E-state index contributed by atoms with van der Waals surface area (Å²) in [6, 6.07) is 5.57. The Labute approximate surface area is 186 Å². The van der Waals surface area contributed by atoms with Gasteiger partial charge in [-0.25, -0.2) is 0 Å². The molecule has 1 N–H and O–H groups in total. The Hall–Kier alpha value is -1.84. The molecule has 2 fully saturated rings. The summed E-state index contributed by atoms with van der Waals surface area (Å²) in [4.78, 5) is 12.8. The van der Waals surface area contributed by atoms with Gasteiger partial charge >= 0.3 is 0 Å². The molecule has 2 heterocycles. The van der Waals surface area contributed by atoms with Crippen LogP contribution in [0.2, 0.25) is 0 Å². The van der Waals surface area contributed by atoms with Crippen LogP contribution in [0.25, 0.3) is 0 Å². The van der Waals surface area contributed by atoms with Crippen LogP contribution < -0.4 is 14.8 Å². The first-order valence-corrected chi connectivity index (χ1v) is 12.6. The minimum atomic E-state index is -3.51. The molecule has 8 nitrogen and oxygen atoms in total. The largest absolute Gasteiger partial charge is 0.493 e. The van der Waals surface area contributed by atoms with Crippen molar-refractivity contribution in [2.45, 2.75) is 46.1 Å². The molecule has 174 valence electrons. The molecule has 1 aromatic carbocycles. The number of piperidine rings is 2. The van der Waals surface area contributed by atoms with Crippen molar-refractivity contribution < 1.29 is 22.7 Å². The number of nitrogens with zero attached hydrogens (tertiary/aromatic N) is 2. The van der Waals surface area contributed by atoms with Gasteiger partial charge in [-0.1, -0.05) is 13.0 Å². The quantitative estimate of drug-likeness (QED) is 0.653. The summed E-state index contributed by atoms with van der Waals surface area (Å²) in [7, 11) is -1.92. The van der Waals surface area contributed by atoms with Gasteiger partial charge in [-0.05, 0) is 56.2 Å². The smallest absolute Gasteiger partial charge is 0.281 e. The van der Waals surface area contributed by atoms with Crippen LogP contribution in [0, 0.1) is 11.8 Å². The Kier molecular flexibility index (Phi) is 8.18. The first-order chi connectivity index (χ1) is 14.8. The molecule has 1 aromatic rings. The summed E-state index contributed by atoms with van der Waals surface area (Å²) >= 11 is 0. The lowest BCUT2D eigenvalue weighted by Gasteiger charge is -2.37. The van der Waals surface area contributed by atoms with Crippen molar-refractivity contribution in [3.8, 4) is 11.5 Å². The number of rotatable bonds is 8. The number of ether oxygens (including phenoxy) is 2. The number of hydrogen-bond acceptors (Lipinski definition) is 5. The molecule has 1 atom stereocenters. The molecule has 0 radical (unpaired) electrons. The Morgan fingerprint density at radius 1 is 1.13 bits per heavy atom. The Bertz CT molecular complexity index is 853. The van der Waals surface area contributed by atoms with Crippen LogP contribution in [0.4, 0.5) is 0 Å². The second-order valence-corrected chi connectivity index (χ2v) is 10.4. The number of methoxy groups -OCH3 is 1. The Morgan fingerprint density at radius 3 is 2.55 bits per heavy atom. The SMILES string of the molecule is CCOc1ccc(CNC(=O)[C@@H]2CCCN(S(=O)(=O)N3CCC(C)CC3)C2)cc1OC. The number of hydrogen-bond donors (Lipinski definition) is 1. The standard InChI is InChI=1S/C22H35N3O5S/c1-4-30-20-8-7-18(14-21(20)29-3)15-23-22(26)19-6-5-11-25(16-19)31(27,28)24-12-9-17(2)10-13-24/h7-8,14,17,19H,4-6,9-13,15-16H2,1-3H3,(H,23,26)/t19-/m1/s1. The summed E-state index contributed by atoms with van der Waals surface area (Å²) in [5, 5.41) is 2.96. The maximum absolute atomic E-state index is 13.0. The van der Waals surface area contributed by atoms with Crippen LogP contribution in [0.1, 0.15) is 45.1 Å². The van der Waals surface area contributed by atoms with Gasteiger partial charge < -0.3 is 14.8 Å². The lowest BCUT2D eigenvalue weighted by molar-refractivity contribution is -0.126. The number of benzene rings is 1. The molecule has 9 heteroatoms. The molecule has 0 spiro atoms. The third kappa shape index (κ3) is 5.90. The average molecular weight is 454 g/mol. The van der Waals surface area contributed by atoms with E-state index in [9.17, 15) is 13.2 Å². The highest BCUT2D eigenvalue weighted by Gasteiger charge is 2.36. The third-order valence-electron chi connectivity index (χ3n) is 6.14. The van der Waals surface area contributed by atoms with Crippen molar-refractivity contribution in [1.82, 2.24) is 13.9 Å². The van der Waals surface area contributed by atoms with Crippen molar-refractivity contribution in [1.29, 1.82) is 0 Å². The van der Waals surface area contributed by atoms with Crippen LogP contribution in [-0.4, -0.2) is 62.8 Å². The third-order valence-corrected chi connectivity index (χ3v) is 8.15. The zero-order chi connectivity index (χ0) is 22.4. The lowest BCUT2D eigenvalue weighted by atomic mass is 9.98. The summed E-state index contributed by atoms with van der Waals surface area (Å²) in [6.07, 6.45) is 3.17. The summed E-state index contributed by atoms with van der Waals surface area (Å²) in [5.74, 6) is 1.41. The fraction of sp³-hybridized carbons (Fsp3) is 0.682. The number of amides is 1. The predicted octanol–water partition coefficient (Wildman–Crippen LogP) is 2.40. The van der Waals surface area contributed by atoms with Gasteiger partial charge in [0.25, 0.3) is 10.2 Å². The normalized spacial score (nSPS) is 21.6. The van der Waals surface area contributed by atoms with Gasteiger partial charge in [0.05, 0.1) is 19.6 Å². The zero-order valence-electron chi connectivity index (χ0n) is 18.8. The molecule has 31 heavy (non-hydrogen) atoms. The van der Waals surface area contributed by atoms with Crippen molar-refractivity contribution in [2.75, 3.05) is 39.9 Å². The van der Waals surface area contributed by atoms with E-state index in [1.54, 1.807) is 11.4 Å². The molecule has 0 aromatic heterocycles. The minimum Gasteiger partial charge on any atom is -0.493 e. The van der Waals surface area contributed by atoms with Gasteiger partial charge in [0, 0.05) is 32.7 Å². The van der Waals surface area contributed by atoms with Crippen LogP contribution in [0.15, 0.2) is 18.2 Å². The van der Waals surface area contributed by atoms with E-state index in [4.69, 9.17) is 9.47 Å². The molecule has 0 bridgehead atoms. The molecule has 0 saturated carbocycles. The summed E-state index contributed by atoms with van der Waals surface area (Å²) in [6.45, 7) is 6.82.